The maximum atomic E-state index is 10.9. The topological polar surface area (TPSA) is 66.6 Å². The molecule has 0 bridgehead atoms. The second-order valence-electron chi connectivity index (χ2n) is 3.99. The summed E-state index contributed by atoms with van der Waals surface area (Å²) in [7, 11) is 0. The largest absolute Gasteiger partial charge is 0.391 e. The van der Waals surface area contributed by atoms with Crippen LogP contribution in [0.15, 0.2) is 24.3 Å². The Morgan fingerprint density at radius 1 is 1.44 bits per heavy atom. The number of aliphatic hydroxyl groups excluding tert-OH is 1. The second-order valence-corrected chi connectivity index (χ2v) is 3.99. The van der Waals surface area contributed by atoms with Gasteiger partial charge in [-0.3, -0.25) is 10.1 Å². The number of piperidine rings is 1. The van der Waals surface area contributed by atoms with E-state index in [1.54, 1.807) is 18.2 Å². The zero-order valence-electron chi connectivity index (χ0n) is 8.87. The van der Waals surface area contributed by atoms with Crippen LogP contribution in [0.4, 0.5) is 11.4 Å². The molecule has 0 aromatic heterocycles. The second kappa shape index (κ2) is 4.49. The molecule has 1 atom stereocenters. The Morgan fingerprint density at radius 2 is 2.19 bits per heavy atom. The number of para-hydroxylation sites is 2. The number of aliphatic hydroxyl groups is 1. The summed E-state index contributed by atoms with van der Waals surface area (Å²) >= 11 is 0. The molecule has 86 valence electrons. The molecule has 1 N–H and O–H groups in total. The first kappa shape index (κ1) is 10.9. The van der Waals surface area contributed by atoms with Crippen molar-refractivity contribution in [2.45, 2.75) is 18.9 Å². The van der Waals surface area contributed by atoms with Crippen molar-refractivity contribution in [1.82, 2.24) is 0 Å². The van der Waals surface area contributed by atoms with E-state index in [9.17, 15) is 15.2 Å². The van der Waals surface area contributed by atoms with E-state index < -0.39 is 0 Å². The van der Waals surface area contributed by atoms with Crippen molar-refractivity contribution >= 4 is 11.4 Å². The van der Waals surface area contributed by atoms with E-state index in [0.29, 0.717) is 12.2 Å². The summed E-state index contributed by atoms with van der Waals surface area (Å²) in [5, 5.41) is 20.4. The summed E-state index contributed by atoms with van der Waals surface area (Å²) in [5.74, 6) is 0. The van der Waals surface area contributed by atoms with Gasteiger partial charge in [0.15, 0.2) is 0 Å². The van der Waals surface area contributed by atoms with Crippen LogP contribution in [0.25, 0.3) is 0 Å². The number of nitro benzene ring substituents is 1. The molecule has 1 fully saturated rings. The minimum absolute atomic E-state index is 0.108. The normalized spacial score (nSPS) is 20.8. The number of β-amino-alcohol motifs (C(OH)–C–C–N with tert-alkyl or cyclic N) is 1. The number of hydrogen-bond acceptors (Lipinski definition) is 4. The molecule has 0 radical (unpaired) electrons. The van der Waals surface area contributed by atoms with Crippen LogP contribution in [0.2, 0.25) is 0 Å². The molecule has 1 heterocycles. The summed E-state index contributed by atoms with van der Waals surface area (Å²) in [6.45, 7) is 1.24. The van der Waals surface area contributed by atoms with Crippen molar-refractivity contribution in [1.29, 1.82) is 0 Å². The molecular weight excluding hydrogens is 208 g/mol. The van der Waals surface area contributed by atoms with Crippen LogP contribution >= 0.6 is 0 Å². The van der Waals surface area contributed by atoms with E-state index in [-0.39, 0.29) is 16.7 Å². The standard InChI is InChI=1S/C11H14N2O3/c14-9-4-3-7-12(8-9)10-5-1-2-6-11(10)13(15)16/h1-2,5-6,9,14H,3-4,7-8H2. The Hall–Kier alpha value is -1.62. The first-order valence-electron chi connectivity index (χ1n) is 5.35. The van der Waals surface area contributed by atoms with Gasteiger partial charge in [0.25, 0.3) is 5.69 Å². The molecule has 16 heavy (non-hydrogen) atoms. The van der Waals surface area contributed by atoms with Gasteiger partial charge in [0.2, 0.25) is 0 Å². The number of nitrogens with zero attached hydrogens (tertiary/aromatic N) is 2. The first-order chi connectivity index (χ1) is 7.68. The average molecular weight is 222 g/mol. The highest BCUT2D eigenvalue weighted by molar-refractivity contribution is 5.63. The molecular formula is C11H14N2O3. The maximum absolute atomic E-state index is 10.9. The van der Waals surface area contributed by atoms with Crippen LogP contribution in [0.1, 0.15) is 12.8 Å². The number of anilines is 1. The van der Waals surface area contributed by atoms with Crippen LogP contribution in [-0.4, -0.2) is 29.2 Å². The fraction of sp³-hybridized carbons (Fsp3) is 0.455. The molecule has 5 nitrogen and oxygen atoms in total. The Morgan fingerprint density at radius 3 is 2.88 bits per heavy atom. The maximum Gasteiger partial charge on any atom is 0.292 e. The third-order valence-corrected chi connectivity index (χ3v) is 2.82. The molecule has 0 aliphatic carbocycles. The van der Waals surface area contributed by atoms with Gasteiger partial charge in [0, 0.05) is 19.2 Å². The molecule has 1 saturated heterocycles. The lowest BCUT2D eigenvalue weighted by atomic mass is 10.1. The van der Waals surface area contributed by atoms with Crippen LogP contribution in [0.5, 0.6) is 0 Å². The van der Waals surface area contributed by atoms with E-state index in [4.69, 9.17) is 0 Å². The number of hydrogen-bond donors (Lipinski definition) is 1. The Balaban J connectivity index is 2.28. The van der Waals surface area contributed by atoms with Gasteiger partial charge >= 0.3 is 0 Å². The predicted molar refractivity (Wildman–Crippen MR) is 60.6 cm³/mol. The highest BCUT2D eigenvalue weighted by Gasteiger charge is 2.23. The lowest BCUT2D eigenvalue weighted by Gasteiger charge is -2.31. The van der Waals surface area contributed by atoms with Crippen molar-refractivity contribution in [2.75, 3.05) is 18.0 Å². The van der Waals surface area contributed by atoms with E-state index in [1.165, 1.54) is 6.07 Å². The summed E-state index contributed by atoms with van der Waals surface area (Å²) in [6, 6.07) is 6.66. The van der Waals surface area contributed by atoms with E-state index in [0.717, 1.165) is 19.4 Å². The van der Waals surface area contributed by atoms with Crippen molar-refractivity contribution < 1.29 is 10.0 Å². The molecule has 1 aliphatic rings. The molecule has 0 saturated carbocycles. The molecule has 1 aliphatic heterocycles. The van der Waals surface area contributed by atoms with Gasteiger partial charge in [-0.05, 0) is 18.9 Å². The van der Waals surface area contributed by atoms with Crippen LogP contribution in [-0.2, 0) is 0 Å². The fourth-order valence-corrected chi connectivity index (χ4v) is 2.06. The van der Waals surface area contributed by atoms with Crippen molar-refractivity contribution in [3.05, 3.63) is 34.4 Å². The summed E-state index contributed by atoms with van der Waals surface area (Å²) in [6.07, 6.45) is 1.26. The molecule has 2 rings (SSSR count). The summed E-state index contributed by atoms with van der Waals surface area (Å²) in [5.41, 5.74) is 0.711. The monoisotopic (exact) mass is 222 g/mol. The smallest absolute Gasteiger partial charge is 0.292 e. The van der Waals surface area contributed by atoms with Crippen molar-refractivity contribution in [3.8, 4) is 0 Å². The predicted octanol–water partition coefficient (Wildman–Crippen LogP) is 1.56. The molecule has 0 amide bonds. The van der Waals surface area contributed by atoms with Gasteiger partial charge < -0.3 is 10.0 Å². The summed E-state index contributed by atoms with van der Waals surface area (Å²) < 4.78 is 0. The number of benzene rings is 1. The van der Waals surface area contributed by atoms with E-state index in [2.05, 4.69) is 0 Å². The van der Waals surface area contributed by atoms with Gasteiger partial charge in [-0.15, -0.1) is 0 Å². The zero-order chi connectivity index (χ0) is 11.5. The minimum atomic E-state index is -0.381. The Kier molecular flexibility index (Phi) is 3.05. The quantitative estimate of drug-likeness (QED) is 0.609. The molecule has 1 unspecified atom stereocenters. The molecule has 5 heteroatoms. The van der Waals surface area contributed by atoms with Crippen LogP contribution in [0, 0.1) is 10.1 Å². The summed E-state index contributed by atoms with van der Waals surface area (Å²) in [4.78, 5) is 12.4. The third-order valence-electron chi connectivity index (χ3n) is 2.82. The Bertz CT molecular complexity index is 395. The van der Waals surface area contributed by atoms with Gasteiger partial charge in [-0.2, -0.15) is 0 Å². The van der Waals surface area contributed by atoms with Gasteiger partial charge in [0.05, 0.1) is 11.0 Å². The SMILES string of the molecule is O=[N+]([O-])c1ccccc1N1CCCC(O)C1. The molecule has 0 spiro atoms. The van der Waals surface area contributed by atoms with Gasteiger partial charge in [0.1, 0.15) is 5.69 Å². The van der Waals surface area contributed by atoms with Crippen molar-refractivity contribution in [2.24, 2.45) is 0 Å². The molecule has 1 aromatic carbocycles. The first-order valence-corrected chi connectivity index (χ1v) is 5.35. The van der Waals surface area contributed by atoms with E-state index in [1.807, 2.05) is 4.90 Å². The van der Waals surface area contributed by atoms with Crippen molar-refractivity contribution in [3.63, 3.8) is 0 Å². The minimum Gasteiger partial charge on any atom is -0.391 e. The van der Waals surface area contributed by atoms with Crippen LogP contribution < -0.4 is 4.90 Å². The highest BCUT2D eigenvalue weighted by atomic mass is 16.6. The average Bonchev–Trinajstić information content (AvgIpc) is 2.29. The third kappa shape index (κ3) is 2.14. The lowest BCUT2D eigenvalue weighted by molar-refractivity contribution is -0.384. The number of rotatable bonds is 2. The molecule has 1 aromatic rings. The van der Waals surface area contributed by atoms with Gasteiger partial charge in [-0.1, -0.05) is 12.1 Å². The fourth-order valence-electron chi connectivity index (χ4n) is 2.06. The Labute approximate surface area is 93.5 Å². The van der Waals surface area contributed by atoms with Crippen LogP contribution in [0.3, 0.4) is 0 Å². The van der Waals surface area contributed by atoms with E-state index >= 15 is 0 Å². The lowest BCUT2D eigenvalue weighted by Crippen LogP contribution is -2.38. The highest BCUT2D eigenvalue weighted by Crippen LogP contribution is 2.29. The van der Waals surface area contributed by atoms with Gasteiger partial charge in [-0.25, -0.2) is 0 Å². The number of nitro groups is 1. The zero-order valence-corrected chi connectivity index (χ0v) is 8.87.